The van der Waals surface area contributed by atoms with Crippen LogP contribution in [0.2, 0.25) is 5.02 Å². The van der Waals surface area contributed by atoms with E-state index in [1.165, 1.54) is 4.40 Å². The third-order valence-corrected chi connectivity index (χ3v) is 4.37. The summed E-state index contributed by atoms with van der Waals surface area (Å²) in [6.07, 6.45) is 1.61. The molecule has 0 bridgehead atoms. The van der Waals surface area contributed by atoms with Crippen LogP contribution in [-0.2, 0) is 6.54 Å². The van der Waals surface area contributed by atoms with Crippen LogP contribution in [0.25, 0.3) is 5.65 Å². The molecule has 5 nitrogen and oxygen atoms in total. The molecular weight excluding hydrogens is 312 g/mol. The zero-order valence-corrected chi connectivity index (χ0v) is 14.5. The highest BCUT2D eigenvalue weighted by Crippen LogP contribution is 2.11. The highest BCUT2D eigenvalue weighted by Gasteiger charge is 2.18. The lowest BCUT2D eigenvalue weighted by atomic mass is 10.2. The molecule has 6 heteroatoms. The lowest BCUT2D eigenvalue weighted by molar-refractivity contribution is 0.116. The standard InChI is InChI=1S/C17H23ClN4O/c1-13(2)10-20-5-7-21(8-6-20)12-15-9-17(23)22-11-14(18)3-4-16(22)19-15/h3-4,9,11,13H,5-8,10,12H2,1-2H3. The molecular formula is C17H23ClN4O. The van der Waals surface area contributed by atoms with Crippen LogP contribution in [0.1, 0.15) is 19.5 Å². The van der Waals surface area contributed by atoms with E-state index in [0.29, 0.717) is 16.6 Å². The summed E-state index contributed by atoms with van der Waals surface area (Å²) >= 11 is 5.94. The molecule has 0 aliphatic carbocycles. The number of halogens is 1. The van der Waals surface area contributed by atoms with Crippen molar-refractivity contribution in [2.24, 2.45) is 5.92 Å². The molecule has 1 fully saturated rings. The van der Waals surface area contributed by atoms with Crippen molar-refractivity contribution in [3.63, 3.8) is 0 Å². The van der Waals surface area contributed by atoms with Crippen LogP contribution < -0.4 is 5.56 Å². The van der Waals surface area contributed by atoms with E-state index in [2.05, 4.69) is 28.6 Å². The van der Waals surface area contributed by atoms with E-state index < -0.39 is 0 Å². The summed E-state index contributed by atoms with van der Waals surface area (Å²) in [5, 5.41) is 0.537. The summed E-state index contributed by atoms with van der Waals surface area (Å²) < 4.78 is 1.49. The zero-order chi connectivity index (χ0) is 16.4. The maximum absolute atomic E-state index is 12.2. The Labute approximate surface area is 141 Å². The molecule has 1 aliphatic heterocycles. The Hall–Kier alpha value is -1.43. The van der Waals surface area contributed by atoms with Gasteiger partial charge in [0.1, 0.15) is 5.65 Å². The van der Waals surface area contributed by atoms with Crippen molar-refractivity contribution in [3.05, 3.63) is 45.5 Å². The van der Waals surface area contributed by atoms with Gasteiger partial charge in [-0.2, -0.15) is 0 Å². The van der Waals surface area contributed by atoms with E-state index in [9.17, 15) is 4.79 Å². The first-order valence-corrected chi connectivity index (χ1v) is 8.51. The minimum absolute atomic E-state index is 0.0778. The molecule has 1 saturated heterocycles. The second kappa shape index (κ2) is 6.99. The molecule has 0 spiro atoms. The molecule has 3 heterocycles. The molecule has 0 amide bonds. The highest BCUT2D eigenvalue weighted by molar-refractivity contribution is 6.30. The normalized spacial score (nSPS) is 17.2. The van der Waals surface area contributed by atoms with Gasteiger partial charge in [-0.15, -0.1) is 0 Å². The molecule has 2 aromatic rings. The van der Waals surface area contributed by atoms with Crippen LogP contribution in [0.15, 0.2) is 29.2 Å². The number of rotatable bonds is 4. The highest BCUT2D eigenvalue weighted by atomic mass is 35.5. The SMILES string of the molecule is CC(C)CN1CCN(Cc2cc(=O)n3cc(Cl)ccc3n2)CC1. The van der Waals surface area contributed by atoms with Crippen molar-refractivity contribution in [3.8, 4) is 0 Å². The molecule has 0 unspecified atom stereocenters. The summed E-state index contributed by atoms with van der Waals surface area (Å²) in [5.74, 6) is 0.704. The van der Waals surface area contributed by atoms with Crippen molar-refractivity contribution in [1.29, 1.82) is 0 Å². The van der Waals surface area contributed by atoms with Gasteiger partial charge in [0.15, 0.2) is 0 Å². The van der Waals surface area contributed by atoms with Crippen LogP contribution >= 0.6 is 11.6 Å². The molecule has 0 radical (unpaired) electrons. The van der Waals surface area contributed by atoms with Crippen LogP contribution in [-0.4, -0.2) is 51.9 Å². The smallest absolute Gasteiger partial charge is 0.258 e. The predicted octanol–water partition coefficient (Wildman–Crippen LogP) is 2.12. The van der Waals surface area contributed by atoms with Crippen LogP contribution in [0.4, 0.5) is 0 Å². The number of hydrogen-bond acceptors (Lipinski definition) is 4. The Morgan fingerprint density at radius 2 is 1.87 bits per heavy atom. The maximum Gasteiger partial charge on any atom is 0.258 e. The largest absolute Gasteiger partial charge is 0.301 e. The van der Waals surface area contributed by atoms with Crippen molar-refractivity contribution in [2.45, 2.75) is 20.4 Å². The number of aromatic nitrogens is 2. The van der Waals surface area contributed by atoms with Crippen LogP contribution in [0.5, 0.6) is 0 Å². The molecule has 124 valence electrons. The van der Waals surface area contributed by atoms with Gasteiger partial charge in [-0.1, -0.05) is 25.4 Å². The molecule has 3 rings (SSSR count). The van der Waals surface area contributed by atoms with Gasteiger partial charge in [-0.3, -0.25) is 14.1 Å². The number of nitrogens with zero attached hydrogens (tertiary/aromatic N) is 4. The monoisotopic (exact) mass is 334 g/mol. The number of pyridine rings is 1. The van der Waals surface area contributed by atoms with Gasteiger partial charge in [-0.25, -0.2) is 4.98 Å². The van der Waals surface area contributed by atoms with E-state index in [-0.39, 0.29) is 5.56 Å². The van der Waals surface area contributed by atoms with Gasteiger partial charge in [0, 0.05) is 51.5 Å². The maximum atomic E-state index is 12.2. The first-order chi connectivity index (χ1) is 11.0. The van der Waals surface area contributed by atoms with E-state index >= 15 is 0 Å². The Morgan fingerprint density at radius 1 is 1.17 bits per heavy atom. The predicted molar refractivity (Wildman–Crippen MR) is 93.0 cm³/mol. The summed E-state index contributed by atoms with van der Waals surface area (Å²) in [6.45, 7) is 10.6. The number of piperazine rings is 1. The summed E-state index contributed by atoms with van der Waals surface area (Å²) in [6, 6.07) is 5.16. The summed E-state index contributed by atoms with van der Waals surface area (Å²) in [7, 11) is 0. The second-order valence-electron chi connectivity index (χ2n) is 6.63. The summed E-state index contributed by atoms with van der Waals surface area (Å²) in [4.78, 5) is 21.7. The zero-order valence-electron chi connectivity index (χ0n) is 13.7. The quantitative estimate of drug-likeness (QED) is 0.859. The molecule has 1 aliphatic rings. The average Bonchev–Trinajstić information content (AvgIpc) is 2.50. The van der Waals surface area contributed by atoms with Gasteiger partial charge in [0.2, 0.25) is 0 Å². The number of fused-ring (bicyclic) bond motifs is 1. The van der Waals surface area contributed by atoms with Crippen molar-refractivity contribution in [1.82, 2.24) is 19.2 Å². The lowest BCUT2D eigenvalue weighted by Gasteiger charge is -2.35. The molecule has 23 heavy (non-hydrogen) atoms. The van der Waals surface area contributed by atoms with Crippen molar-refractivity contribution in [2.75, 3.05) is 32.7 Å². The molecule has 0 atom stereocenters. The van der Waals surface area contributed by atoms with Crippen molar-refractivity contribution < 1.29 is 0 Å². The number of hydrogen-bond donors (Lipinski definition) is 0. The van der Waals surface area contributed by atoms with Gasteiger partial charge >= 0.3 is 0 Å². The lowest BCUT2D eigenvalue weighted by Crippen LogP contribution is -2.47. The molecule has 0 saturated carbocycles. The fraction of sp³-hybridized carbons (Fsp3) is 0.529. The second-order valence-corrected chi connectivity index (χ2v) is 7.07. The average molecular weight is 335 g/mol. The summed E-state index contributed by atoms with van der Waals surface area (Å²) in [5.41, 5.74) is 1.40. The first kappa shape index (κ1) is 16.4. The molecule has 2 aromatic heterocycles. The Kier molecular flexibility index (Phi) is 4.99. The van der Waals surface area contributed by atoms with Gasteiger partial charge in [0.05, 0.1) is 10.7 Å². The van der Waals surface area contributed by atoms with Gasteiger partial charge in [0.25, 0.3) is 5.56 Å². The molecule has 0 aromatic carbocycles. The third kappa shape index (κ3) is 4.10. The fourth-order valence-corrected chi connectivity index (χ4v) is 3.24. The van der Waals surface area contributed by atoms with E-state index in [0.717, 1.165) is 45.0 Å². The Morgan fingerprint density at radius 3 is 2.57 bits per heavy atom. The van der Waals surface area contributed by atoms with Crippen LogP contribution in [0, 0.1) is 5.92 Å². The third-order valence-electron chi connectivity index (χ3n) is 4.15. The Bertz CT molecular complexity index is 735. The Balaban J connectivity index is 1.68. The minimum Gasteiger partial charge on any atom is -0.301 e. The van der Waals surface area contributed by atoms with Crippen LogP contribution in [0.3, 0.4) is 0 Å². The fourth-order valence-electron chi connectivity index (χ4n) is 3.08. The van der Waals surface area contributed by atoms with E-state index in [1.807, 2.05) is 0 Å². The van der Waals surface area contributed by atoms with E-state index in [1.54, 1.807) is 24.4 Å². The van der Waals surface area contributed by atoms with E-state index in [4.69, 9.17) is 11.6 Å². The topological polar surface area (TPSA) is 40.9 Å². The van der Waals surface area contributed by atoms with Gasteiger partial charge in [-0.05, 0) is 18.1 Å². The first-order valence-electron chi connectivity index (χ1n) is 8.14. The van der Waals surface area contributed by atoms with Crippen molar-refractivity contribution >= 4 is 17.2 Å². The minimum atomic E-state index is -0.0778. The van der Waals surface area contributed by atoms with Gasteiger partial charge < -0.3 is 4.90 Å². The molecule has 0 N–H and O–H groups in total.